The molecule has 0 saturated carbocycles. The number of rotatable bonds is 7. The SMILES string of the molecule is CNC(=O)C(C)N(Cc1ccc(Cl)cc1)C(=O)COc1cccc(C)c1C. The molecule has 0 radical (unpaired) electrons. The van der Waals surface area contributed by atoms with E-state index in [1.807, 2.05) is 44.2 Å². The number of benzene rings is 2. The first-order valence-corrected chi connectivity index (χ1v) is 9.15. The monoisotopic (exact) mass is 388 g/mol. The summed E-state index contributed by atoms with van der Waals surface area (Å²) in [5.74, 6) is 0.174. The van der Waals surface area contributed by atoms with Crippen LogP contribution in [0.15, 0.2) is 42.5 Å². The van der Waals surface area contributed by atoms with Crippen molar-refractivity contribution in [1.29, 1.82) is 0 Å². The van der Waals surface area contributed by atoms with E-state index in [0.29, 0.717) is 17.3 Å². The van der Waals surface area contributed by atoms with Crippen LogP contribution in [-0.4, -0.2) is 36.4 Å². The van der Waals surface area contributed by atoms with Crippen molar-refractivity contribution in [3.63, 3.8) is 0 Å². The number of hydrogen-bond donors (Lipinski definition) is 1. The molecule has 5 nitrogen and oxygen atoms in total. The molecule has 0 aromatic heterocycles. The van der Waals surface area contributed by atoms with Gasteiger partial charge in [0.1, 0.15) is 11.8 Å². The molecule has 144 valence electrons. The number of ether oxygens (including phenoxy) is 1. The largest absolute Gasteiger partial charge is 0.483 e. The van der Waals surface area contributed by atoms with E-state index in [2.05, 4.69) is 5.32 Å². The number of aryl methyl sites for hydroxylation is 1. The van der Waals surface area contributed by atoms with Crippen LogP contribution in [0.2, 0.25) is 5.02 Å². The molecule has 0 fully saturated rings. The summed E-state index contributed by atoms with van der Waals surface area (Å²) in [6.07, 6.45) is 0. The second kappa shape index (κ2) is 9.42. The van der Waals surface area contributed by atoms with Gasteiger partial charge in [-0.05, 0) is 55.7 Å². The third-order valence-electron chi connectivity index (χ3n) is 4.59. The van der Waals surface area contributed by atoms with Crippen LogP contribution in [0.4, 0.5) is 0 Å². The number of halogens is 1. The first-order valence-electron chi connectivity index (χ1n) is 8.78. The van der Waals surface area contributed by atoms with Crippen molar-refractivity contribution in [1.82, 2.24) is 10.2 Å². The summed E-state index contributed by atoms with van der Waals surface area (Å²) in [6.45, 7) is 5.79. The highest BCUT2D eigenvalue weighted by Crippen LogP contribution is 2.21. The molecule has 1 unspecified atom stereocenters. The molecule has 0 aliphatic heterocycles. The summed E-state index contributed by atoms with van der Waals surface area (Å²) in [5.41, 5.74) is 2.97. The minimum absolute atomic E-state index is 0.140. The quantitative estimate of drug-likeness (QED) is 0.789. The molecule has 2 aromatic rings. The Morgan fingerprint density at radius 1 is 1.15 bits per heavy atom. The zero-order valence-electron chi connectivity index (χ0n) is 16.1. The van der Waals surface area contributed by atoms with Gasteiger partial charge in [0.2, 0.25) is 5.91 Å². The topological polar surface area (TPSA) is 58.6 Å². The molecule has 27 heavy (non-hydrogen) atoms. The van der Waals surface area contributed by atoms with Gasteiger partial charge in [0, 0.05) is 18.6 Å². The zero-order chi connectivity index (χ0) is 20.0. The van der Waals surface area contributed by atoms with E-state index in [9.17, 15) is 9.59 Å². The highest BCUT2D eigenvalue weighted by Gasteiger charge is 2.26. The van der Waals surface area contributed by atoms with Crippen molar-refractivity contribution in [2.45, 2.75) is 33.4 Å². The summed E-state index contributed by atoms with van der Waals surface area (Å²) in [5, 5.41) is 3.21. The molecule has 0 aliphatic rings. The summed E-state index contributed by atoms with van der Waals surface area (Å²) in [7, 11) is 1.55. The third kappa shape index (κ3) is 5.47. The lowest BCUT2D eigenvalue weighted by Crippen LogP contribution is -2.48. The fourth-order valence-electron chi connectivity index (χ4n) is 2.68. The van der Waals surface area contributed by atoms with Crippen LogP contribution >= 0.6 is 11.6 Å². The van der Waals surface area contributed by atoms with Crippen molar-refractivity contribution in [2.24, 2.45) is 0 Å². The first-order chi connectivity index (χ1) is 12.8. The van der Waals surface area contributed by atoms with Gasteiger partial charge in [-0.25, -0.2) is 0 Å². The van der Waals surface area contributed by atoms with Gasteiger partial charge in [0.05, 0.1) is 0 Å². The van der Waals surface area contributed by atoms with Crippen molar-refractivity contribution < 1.29 is 14.3 Å². The van der Waals surface area contributed by atoms with Gasteiger partial charge >= 0.3 is 0 Å². The second-order valence-electron chi connectivity index (χ2n) is 6.43. The predicted molar refractivity (Wildman–Crippen MR) is 107 cm³/mol. The Kier molecular flexibility index (Phi) is 7.25. The molecule has 0 aliphatic carbocycles. The maximum absolute atomic E-state index is 12.8. The fourth-order valence-corrected chi connectivity index (χ4v) is 2.81. The Bertz CT molecular complexity index is 806. The van der Waals surface area contributed by atoms with Gasteiger partial charge in [-0.15, -0.1) is 0 Å². The summed E-state index contributed by atoms with van der Waals surface area (Å²) >= 11 is 5.93. The number of hydrogen-bond acceptors (Lipinski definition) is 3. The minimum Gasteiger partial charge on any atom is -0.483 e. The molecule has 6 heteroatoms. The van der Waals surface area contributed by atoms with Crippen LogP contribution in [0.5, 0.6) is 5.75 Å². The second-order valence-corrected chi connectivity index (χ2v) is 6.86. The predicted octanol–water partition coefficient (Wildman–Crippen LogP) is 3.50. The average Bonchev–Trinajstić information content (AvgIpc) is 2.67. The normalized spacial score (nSPS) is 11.6. The maximum atomic E-state index is 12.8. The molecule has 0 spiro atoms. The van der Waals surface area contributed by atoms with E-state index in [1.54, 1.807) is 26.1 Å². The van der Waals surface area contributed by atoms with E-state index in [1.165, 1.54) is 4.90 Å². The van der Waals surface area contributed by atoms with Crippen molar-refractivity contribution in [3.05, 3.63) is 64.2 Å². The van der Waals surface area contributed by atoms with E-state index < -0.39 is 6.04 Å². The molecule has 2 rings (SSSR count). The van der Waals surface area contributed by atoms with Crippen LogP contribution < -0.4 is 10.1 Å². The van der Waals surface area contributed by atoms with Crippen LogP contribution in [0.25, 0.3) is 0 Å². The van der Waals surface area contributed by atoms with Gasteiger partial charge in [-0.3, -0.25) is 9.59 Å². The van der Waals surface area contributed by atoms with Crippen molar-refractivity contribution in [3.8, 4) is 5.75 Å². The van der Waals surface area contributed by atoms with E-state index >= 15 is 0 Å². The lowest BCUT2D eigenvalue weighted by Gasteiger charge is -2.28. The maximum Gasteiger partial charge on any atom is 0.261 e. The molecule has 1 N–H and O–H groups in total. The number of nitrogens with zero attached hydrogens (tertiary/aromatic N) is 1. The van der Waals surface area contributed by atoms with Gasteiger partial charge in [0.25, 0.3) is 5.91 Å². The zero-order valence-corrected chi connectivity index (χ0v) is 16.8. The van der Waals surface area contributed by atoms with Gasteiger partial charge < -0.3 is 15.0 Å². The summed E-state index contributed by atoms with van der Waals surface area (Å²) in [6, 6.07) is 12.3. The number of amides is 2. The molecule has 0 bridgehead atoms. The first kappa shape index (κ1) is 20.8. The molecular formula is C21H25ClN2O3. The van der Waals surface area contributed by atoms with Crippen LogP contribution in [0.3, 0.4) is 0 Å². The Hall–Kier alpha value is -2.53. The molecule has 0 saturated heterocycles. The van der Waals surface area contributed by atoms with Gasteiger partial charge in [0.15, 0.2) is 6.61 Å². The Labute approximate surface area is 165 Å². The number of carbonyl (C=O) groups is 2. The Balaban J connectivity index is 2.15. The Morgan fingerprint density at radius 3 is 2.44 bits per heavy atom. The highest BCUT2D eigenvalue weighted by atomic mass is 35.5. The van der Waals surface area contributed by atoms with E-state index in [0.717, 1.165) is 16.7 Å². The Morgan fingerprint density at radius 2 is 1.81 bits per heavy atom. The smallest absolute Gasteiger partial charge is 0.261 e. The third-order valence-corrected chi connectivity index (χ3v) is 4.84. The summed E-state index contributed by atoms with van der Waals surface area (Å²) in [4.78, 5) is 26.5. The van der Waals surface area contributed by atoms with E-state index in [4.69, 9.17) is 16.3 Å². The van der Waals surface area contributed by atoms with Crippen molar-refractivity contribution in [2.75, 3.05) is 13.7 Å². The van der Waals surface area contributed by atoms with Gasteiger partial charge in [-0.2, -0.15) is 0 Å². The van der Waals surface area contributed by atoms with Crippen LogP contribution in [0, 0.1) is 13.8 Å². The van der Waals surface area contributed by atoms with Crippen molar-refractivity contribution >= 4 is 23.4 Å². The summed E-state index contributed by atoms with van der Waals surface area (Å²) < 4.78 is 5.74. The van der Waals surface area contributed by atoms with Gasteiger partial charge in [-0.1, -0.05) is 35.9 Å². The molecule has 2 aromatic carbocycles. The minimum atomic E-state index is -0.625. The number of carbonyl (C=O) groups excluding carboxylic acids is 2. The average molecular weight is 389 g/mol. The molecule has 1 atom stereocenters. The fraction of sp³-hybridized carbons (Fsp3) is 0.333. The van der Waals surface area contributed by atoms with Crippen LogP contribution in [0.1, 0.15) is 23.6 Å². The number of nitrogens with one attached hydrogen (secondary N) is 1. The molecular weight excluding hydrogens is 364 g/mol. The molecule has 2 amide bonds. The van der Waals surface area contributed by atoms with E-state index in [-0.39, 0.29) is 18.4 Å². The van der Waals surface area contributed by atoms with Crippen LogP contribution in [-0.2, 0) is 16.1 Å². The lowest BCUT2D eigenvalue weighted by molar-refractivity contribution is -0.142. The number of likely N-dealkylation sites (N-methyl/N-ethyl adjacent to an activating group) is 1. The highest BCUT2D eigenvalue weighted by molar-refractivity contribution is 6.30. The lowest BCUT2D eigenvalue weighted by atomic mass is 10.1. The standard InChI is InChI=1S/C21H25ClN2O3/c1-14-6-5-7-19(15(14)2)27-13-20(25)24(16(3)21(26)23-4)12-17-8-10-18(22)11-9-17/h5-11,16H,12-13H2,1-4H3,(H,23,26). The molecule has 0 heterocycles.